The summed E-state index contributed by atoms with van der Waals surface area (Å²) >= 11 is 1.29. The molecule has 1 aromatic carbocycles. The van der Waals surface area contributed by atoms with Crippen LogP contribution in [0.1, 0.15) is 18.9 Å². The van der Waals surface area contributed by atoms with Gasteiger partial charge in [0.05, 0.1) is 6.54 Å². The van der Waals surface area contributed by atoms with Gasteiger partial charge in [0.25, 0.3) is 0 Å². The average Bonchev–Trinajstić information content (AvgIpc) is 2.47. The number of amides is 1. The molecule has 1 aliphatic heterocycles. The highest BCUT2D eigenvalue weighted by Gasteiger charge is 2.32. The summed E-state index contributed by atoms with van der Waals surface area (Å²) in [5.41, 5.74) is 0.990. The molecule has 0 bridgehead atoms. The number of carbonyl (C=O) groups is 1. The molecule has 5 nitrogen and oxygen atoms in total. The Morgan fingerprint density at radius 1 is 1.47 bits per heavy atom. The van der Waals surface area contributed by atoms with Gasteiger partial charge >= 0.3 is 5.91 Å². The summed E-state index contributed by atoms with van der Waals surface area (Å²) in [7, 11) is 0. The van der Waals surface area contributed by atoms with Crippen molar-refractivity contribution < 1.29 is 14.8 Å². The van der Waals surface area contributed by atoms with Crippen LogP contribution in [0.25, 0.3) is 0 Å². The Hall–Kier alpha value is -1.53. The van der Waals surface area contributed by atoms with Crippen molar-refractivity contribution >= 4 is 22.7 Å². The Labute approximate surface area is 116 Å². The van der Waals surface area contributed by atoms with Crippen LogP contribution < -0.4 is 0 Å². The van der Waals surface area contributed by atoms with Gasteiger partial charge in [-0.15, -0.1) is 0 Å². The van der Waals surface area contributed by atoms with Crippen molar-refractivity contribution in [3.05, 3.63) is 35.9 Å². The van der Waals surface area contributed by atoms with Crippen LogP contribution in [0.4, 0.5) is 0 Å². The number of rotatable bonds is 4. The topological polar surface area (TPSA) is 62.1 Å². The van der Waals surface area contributed by atoms with E-state index in [9.17, 15) is 4.79 Å². The van der Waals surface area contributed by atoms with Crippen LogP contribution in [0.15, 0.2) is 35.5 Å². The number of hydrogen-bond donors (Lipinski definition) is 1. The van der Waals surface area contributed by atoms with E-state index in [0.29, 0.717) is 13.2 Å². The molecule has 1 aromatic rings. The summed E-state index contributed by atoms with van der Waals surface area (Å²) in [6.45, 7) is 2.86. The van der Waals surface area contributed by atoms with E-state index in [4.69, 9.17) is 10.0 Å². The minimum atomic E-state index is -0.381. The summed E-state index contributed by atoms with van der Waals surface area (Å²) in [6, 6.07) is 9.63. The van der Waals surface area contributed by atoms with Gasteiger partial charge in [0.15, 0.2) is 0 Å². The van der Waals surface area contributed by atoms with Crippen LogP contribution in [-0.2, 0) is 16.2 Å². The van der Waals surface area contributed by atoms with Crippen molar-refractivity contribution in [3.63, 3.8) is 0 Å². The lowest BCUT2D eigenvalue weighted by atomic mass is 10.2. The minimum absolute atomic E-state index is 0.0890. The SMILES string of the molecule is CCC1CN(OCc2ccccc2)C(=O)C(=NO)S1. The van der Waals surface area contributed by atoms with Crippen molar-refractivity contribution in [2.75, 3.05) is 6.54 Å². The van der Waals surface area contributed by atoms with Gasteiger partial charge in [0, 0.05) is 5.25 Å². The van der Waals surface area contributed by atoms with E-state index >= 15 is 0 Å². The summed E-state index contributed by atoms with van der Waals surface area (Å²) in [4.78, 5) is 17.5. The Bertz CT molecular complexity index is 464. The van der Waals surface area contributed by atoms with Crippen LogP contribution in [0, 0.1) is 0 Å². The largest absolute Gasteiger partial charge is 0.410 e. The lowest BCUT2D eigenvalue weighted by molar-refractivity contribution is -0.184. The zero-order valence-electron chi connectivity index (χ0n) is 10.7. The number of nitrogens with zero attached hydrogens (tertiary/aromatic N) is 2. The van der Waals surface area contributed by atoms with Gasteiger partial charge in [-0.1, -0.05) is 54.2 Å². The number of benzene rings is 1. The Morgan fingerprint density at radius 2 is 2.21 bits per heavy atom. The standard InChI is InChI=1S/C13H16N2O3S/c1-2-11-8-15(13(16)12(14-17)19-11)18-9-10-6-4-3-5-7-10/h3-7,11,17H,2,8-9H2,1H3. The van der Waals surface area contributed by atoms with E-state index in [2.05, 4.69) is 5.16 Å². The number of oxime groups is 1. The van der Waals surface area contributed by atoms with Crippen molar-refractivity contribution in [1.29, 1.82) is 0 Å². The molecular weight excluding hydrogens is 264 g/mol. The number of hydrogen-bond acceptors (Lipinski definition) is 5. The maximum absolute atomic E-state index is 11.9. The van der Waals surface area contributed by atoms with Gasteiger partial charge in [0.1, 0.15) is 6.61 Å². The van der Waals surface area contributed by atoms with Gasteiger partial charge in [-0.25, -0.2) is 5.06 Å². The molecular formula is C13H16N2O3S. The van der Waals surface area contributed by atoms with Crippen LogP contribution in [0.5, 0.6) is 0 Å². The molecule has 1 amide bonds. The highest BCUT2D eigenvalue weighted by Crippen LogP contribution is 2.25. The number of thioether (sulfide) groups is 1. The first-order chi connectivity index (χ1) is 9.24. The summed E-state index contributed by atoms with van der Waals surface area (Å²) in [5.74, 6) is -0.381. The van der Waals surface area contributed by atoms with E-state index in [1.807, 2.05) is 37.3 Å². The lowest BCUT2D eigenvalue weighted by Gasteiger charge is -2.30. The number of carbonyl (C=O) groups excluding carboxylic acids is 1. The van der Waals surface area contributed by atoms with Gasteiger partial charge < -0.3 is 5.21 Å². The predicted octanol–water partition coefficient (Wildman–Crippen LogP) is 2.26. The van der Waals surface area contributed by atoms with E-state index in [0.717, 1.165) is 12.0 Å². The second-order valence-electron chi connectivity index (χ2n) is 4.18. The Balaban J connectivity index is 2.00. The monoisotopic (exact) mass is 280 g/mol. The Morgan fingerprint density at radius 3 is 2.84 bits per heavy atom. The molecule has 1 saturated heterocycles. The van der Waals surface area contributed by atoms with E-state index < -0.39 is 0 Å². The third kappa shape index (κ3) is 3.48. The van der Waals surface area contributed by atoms with Crippen LogP contribution in [0.2, 0.25) is 0 Å². The van der Waals surface area contributed by atoms with Gasteiger partial charge in [-0.05, 0) is 12.0 Å². The van der Waals surface area contributed by atoms with Gasteiger partial charge in [-0.2, -0.15) is 0 Å². The molecule has 1 atom stereocenters. The zero-order valence-corrected chi connectivity index (χ0v) is 11.5. The van der Waals surface area contributed by atoms with Crippen molar-refractivity contribution in [3.8, 4) is 0 Å². The molecule has 0 aliphatic carbocycles. The van der Waals surface area contributed by atoms with Crippen LogP contribution in [-0.4, -0.2) is 33.0 Å². The second-order valence-corrected chi connectivity index (χ2v) is 5.47. The fraction of sp³-hybridized carbons (Fsp3) is 0.385. The highest BCUT2D eigenvalue weighted by molar-refractivity contribution is 8.16. The maximum atomic E-state index is 11.9. The average molecular weight is 280 g/mol. The fourth-order valence-electron chi connectivity index (χ4n) is 1.74. The minimum Gasteiger partial charge on any atom is -0.410 e. The van der Waals surface area contributed by atoms with E-state index in [1.54, 1.807) is 0 Å². The molecule has 0 spiro atoms. The third-order valence-corrected chi connectivity index (χ3v) is 4.13. The highest BCUT2D eigenvalue weighted by atomic mass is 32.2. The fourth-order valence-corrected chi connectivity index (χ4v) is 2.68. The first-order valence-electron chi connectivity index (χ1n) is 6.12. The Kier molecular flexibility index (Phi) is 4.81. The summed E-state index contributed by atoms with van der Waals surface area (Å²) in [6.07, 6.45) is 0.877. The van der Waals surface area contributed by atoms with Crippen molar-refractivity contribution in [1.82, 2.24) is 5.06 Å². The van der Waals surface area contributed by atoms with Gasteiger partial charge in [0.2, 0.25) is 5.04 Å². The van der Waals surface area contributed by atoms with Gasteiger partial charge in [-0.3, -0.25) is 9.63 Å². The van der Waals surface area contributed by atoms with Crippen molar-refractivity contribution in [2.45, 2.75) is 25.2 Å². The first-order valence-corrected chi connectivity index (χ1v) is 7.00. The van der Waals surface area contributed by atoms with E-state index in [1.165, 1.54) is 16.8 Å². The third-order valence-electron chi connectivity index (χ3n) is 2.83. The molecule has 102 valence electrons. The maximum Gasteiger partial charge on any atom is 0.306 e. The molecule has 0 aromatic heterocycles. The molecule has 1 N–H and O–H groups in total. The molecule has 1 unspecified atom stereocenters. The molecule has 1 heterocycles. The summed E-state index contributed by atoms with van der Waals surface area (Å²) < 4.78 is 0. The number of hydroxylamine groups is 2. The molecule has 6 heteroatoms. The smallest absolute Gasteiger partial charge is 0.306 e. The van der Waals surface area contributed by atoms with Crippen LogP contribution in [0.3, 0.4) is 0 Å². The quantitative estimate of drug-likeness (QED) is 0.679. The predicted molar refractivity (Wildman–Crippen MR) is 73.8 cm³/mol. The van der Waals surface area contributed by atoms with E-state index in [-0.39, 0.29) is 16.2 Å². The summed E-state index contributed by atoms with van der Waals surface area (Å²) in [5, 5.41) is 13.4. The van der Waals surface area contributed by atoms with Crippen molar-refractivity contribution in [2.24, 2.45) is 5.16 Å². The molecule has 0 radical (unpaired) electrons. The second kappa shape index (κ2) is 6.58. The molecule has 19 heavy (non-hydrogen) atoms. The molecule has 1 fully saturated rings. The zero-order chi connectivity index (χ0) is 13.7. The van der Waals surface area contributed by atoms with Crippen LogP contribution >= 0.6 is 11.8 Å². The molecule has 0 saturated carbocycles. The molecule has 1 aliphatic rings. The first kappa shape index (κ1) is 13.9. The lowest BCUT2D eigenvalue weighted by Crippen LogP contribution is -2.44. The normalized spacial score (nSPS) is 21.9. The molecule has 2 rings (SSSR count).